The molecule has 15 heteroatoms. The van der Waals surface area contributed by atoms with Crippen LogP contribution in [0.2, 0.25) is 5.02 Å². The topological polar surface area (TPSA) is 170 Å². The van der Waals surface area contributed by atoms with Gasteiger partial charge in [0.15, 0.2) is 0 Å². The van der Waals surface area contributed by atoms with Gasteiger partial charge in [0.2, 0.25) is 5.91 Å². The van der Waals surface area contributed by atoms with E-state index >= 15 is 0 Å². The molecule has 0 unspecified atom stereocenters. The van der Waals surface area contributed by atoms with E-state index in [-0.39, 0.29) is 35.1 Å². The van der Waals surface area contributed by atoms with Crippen LogP contribution in [0.3, 0.4) is 0 Å². The first-order valence-electron chi connectivity index (χ1n) is 16.4. The summed E-state index contributed by atoms with van der Waals surface area (Å²) in [6, 6.07) is 7.60. The predicted molar refractivity (Wildman–Crippen MR) is 193 cm³/mol. The Morgan fingerprint density at radius 1 is 1.24 bits per heavy atom. The molecule has 2 saturated heterocycles. The second-order valence-electron chi connectivity index (χ2n) is 13.7. The summed E-state index contributed by atoms with van der Waals surface area (Å²) in [4.78, 5) is 52.3. The van der Waals surface area contributed by atoms with Crippen LogP contribution in [0.4, 0.5) is 21.9 Å². The molecule has 0 aliphatic carbocycles. The fourth-order valence-electron chi connectivity index (χ4n) is 6.88. The number of nitro benzene ring substituents is 1. The van der Waals surface area contributed by atoms with Crippen molar-refractivity contribution in [2.75, 3.05) is 24.4 Å². The Hall–Kier alpha value is -3.82. The van der Waals surface area contributed by atoms with Gasteiger partial charge in [-0.25, -0.2) is 4.79 Å². The number of carbonyl (C=O) groups excluding carboxylic acids is 3. The standard InChI is InChI=1S/C36H41BrClN3O10/c1-19-8-7-9-28(48-6)36(45)17-27(49-31(43)18-36)21(3)33-35(4,51-33)29(50-34(44)39-25-11-10-23(41(46)47)15-24(25)37)16-30(42)40(5)26-14-22(12-19)13-20(2)32(26)38/h7-11,13-15,21,27-29,33,45H,12,16-18H2,1-6H3,(H,39,44)/b9-7+,19-8+/t21-,27+,28-,29+,33+,35+,36-/m1/s1. The van der Waals surface area contributed by atoms with E-state index in [1.165, 1.54) is 30.2 Å². The molecule has 2 N–H and O–H groups in total. The Morgan fingerprint density at radius 3 is 2.63 bits per heavy atom. The lowest BCUT2D eigenvalue weighted by molar-refractivity contribution is -0.384. The minimum absolute atomic E-state index is 0.0485. The Bertz CT molecular complexity index is 1800. The Kier molecular flexibility index (Phi) is 11.3. The molecule has 2 amide bonds. The molecule has 274 valence electrons. The van der Waals surface area contributed by atoms with Crippen molar-refractivity contribution in [3.05, 3.63) is 84.9 Å². The number of nitrogens with zero attached hydrogens (tertiary/aromatic N) is 2. The molecule has 5 rings (SSSR count). The molecule has 0 aromatic heterocycles. The summed E-state index contributed by atoms with van der Waals surface area (Å²) < 4.78 is 23.8. The van der Waals surface area contributed by atoms with E-state index in [0.717, 1.165) is 16.7 Å². The number of ether oxygens (including phenoxy) is 4. The van der Waals surface area contributed by atoms with Crippen LogP contribution in [0.5, 0.6) is 0 Å². The second-order valence-corrected chi connectivity index (χ2v) is 14.9. The highest BCUT2D eigenvalue weighted by atomic mass is 79.9. The quantitative estimate of drug-likeness (QED) is 0.149. The number of nitro groups is 1. The zero-order valence-electron chi connectivity index (χ0n) is 29.1. The van der Waals surface area contributed by atoms with E-state index in [1.54, 1.807) is 33.0 Å². The average molecular weight is 791 g/mol. The molecule has 3 aliphatic rings. The third kappa shape index (κ3) is 8.30. The predicted octanol–water partition coefficient (Wildman–Crippen LogP) is 6.59. The summed E-state index contributed by atoms with van der Waals surface area (Å²) in [5.74, 6) is -1.52. The largest absolute Gasteiger partial charge is 0.462 e. The van der Waals surface area contributed by atoms with E-state index in [2.05, 4.69) is 21.2 Å². The number of hydrogen-bond donors (Lipinski definition) is 2. The molecule has 3 aliphatic heterocycles. The SMILES string of the molecule is CO[C@@H]1/C=C/C=C(\C)Cc2cc(C)c(Cl)c(c2)N(C)C(=O)C[C@H](OC(=O)Nc2ccc([N+](=O)[O-])cc2Br)[C@]2(C)O[C@H]2[C@H](C)[C@@H]2C[C@@]1(O)CC(=O)O2. The van der Waals surface area contributed by atoms with Crippen LogP contribution in [-0.4, -0.2) is 77.8 Å². The maximum absolute atomic E-state index is 14.0. The molecule has 7 atom stereocenters. The van der Waals surface area contributed by atoms with Crippen molar-refractivity contribution >= 4 is 62.6 Å². The Morgan fingerprint density at radius 2 is 1.96 bits per heavy atom. The highest BCUT2D eigenvalue weighted by molar-refractivity contribution is 9.10. The first kappa shape index (κ1) is 38.4. The molecular weight excluding hydrogens is 750 g/mol. The minimum atomic E-state index is -1.58. The lowest BCUT2D eigenvalue weighted by Gasteiger charge is -2.41. The van der Waals surface area contributed by atoms with E-state index in [1.807, 2.05) is 32.1 Å². The third-order valence-corrected chi connectivity index (χ3v) is 11.0. The van der Waals surface area contributed by atoms with Gasteiger partial charge in [-0.1, -0.05) is 48.4 Å². The van der Waals surface area contributed by atoms with Gasteiger partial charge in [0.25, 0.3) is 5.69 Å². The maximum atomic E-state index is 14.0. The van der Waals surface area contributed by atoms with Crippen LogP contribution >= 0.6 is 27.5 Å². The molecule has 2 fully saturated rings. The summed E-state index contributed by atoms with van der Waals surface area (Å²) in [7, 11) is 3.06. The zero-order valence-corrected chi connectivity index (χ0v) is 31.4. The summed E-state index contributed by atoms with van der Waals surface area (Å²) in [5.41, 5.74) is 0.352. The van der Waals surface area contributed by atoms with Gasteiger partial charge in [0.05, 0.1) is 40.3 Å². The van der Waals surface area contributed by atoms with Gasteiger partial charge in [-0.15, -0.1) is 0 Å². The van der Waals surface area contributed by atoms with Crippen LogP contribution < -0.4 is 10.2 Å². The number of hydrogen-bond acceptors (Lipinski definition) is 10. The second kappa shape index (κ2) is 15.0. The van der Waals surface area contributed by atoms with Crippen molar-refractivity contribution < 1.29 is 43.4 Å². The molecule has 2 aromatic rings. The number of epoxide rings is 1. The van der Waals surface area contributed by atoms with Crippen LogP contribution in [0.1, 0.15) is 51.2 Å². The number of aliphatic hydroxyl groups is 1. The van der Waals surface area contributed by atoms with Gasteiger partial charge in [-0.3, -0.25) is 25.0 Å². The number of rotatable bonds is 4. The normalized spacial score (nSPS) is 31.4. The smallest absolute Gasteiger partial charge is 0.412 e. The van der Waals surface area contributed by atoms with Crippen LogP contribution in [0.15, 0.2) is 58.6 Å². The van der Waals surface area contributed by atoms with Crippen molar-refractivity contribution in [3.8, 4) is 0 Å². The number of halogens is 2. The number of non-ortho nitro benzene ring substituents is 1. The molecule has 0 radical (unpaired) electrons. The molecular formula is C36H41BrClN3O10. The number of methoxy groups -OCH3 is 1. The van der Waals surface area contributed by atoms with E-state index in [4.69, 9.17) is 30.5 Å². The fourth-order valence-corrected chi connectivity index (χ4v) is 7.58. The third-order valence-electron chi connectivity index (χ3n) is 9.85. The van der Waals surface area contributed by atoms with E-state index < -0.39 is 64.4 Å². The number of aryl methyl sites for hydroxylation is 1. The van der Waals surface area contributed by atoms with Gasteiger partial charge in [-0.2, -0.15) is 0 Å². The highest BCUT2D eigenvalue weighted by Gasteiger charge is 2.64. The van der Waals surface area contributed by atoms with Crippen LogP contribution in [0, 0.1) is 23.0 Å². The number of benzene rings is 2. The maximum Gasteiger partial charge on any atom is 0.412 e. The summed E-state index contributed by atoms with van der Waals surface area (Å²) in [5, 5.41) is 26.0. The van der Waals surface area contributed by atoms with Crippen molar-refractivity contribution in [2.24, 2.45) is 5.92 Å². The first-order chi connectivity index (χ1) is 23.9. The van der Waals surface area contributed by atoms with Crippen LogP contribution in [0.25, 0.3) is 0 Å². The Labute approximate surface area is 309 Å². The lowest BCUT2D eigenvalue weighted by Crippen LogP contribution is -2.53. The monoisotopic (exact) mass is 789 g/mol. The lowest BCUT2D eigenvalue weighted by atomic mass is 9.78. The van der Waals surface area contributed by atoms with Gasteiger partial charge >= 0.3 is 12.1 Å². The fraction of sp³-hybridized carbons (Fsp3) is 0.472. The zero-order chi connectivity index (χ0) is 37.4. The highest BCUT2D eigenvalue weighted by Crippen LogP contribution is 2.49. The minimum Gasteiger partial charge on any atom is -0.462 e. The summed E-state index contributed by atoms with van der Waals surface area (Å²) >= 11 is 9.98. The van der Waals surface area contributed by atoms with Gasteiger partial charge in [0.1, 0.15) is 29.5 Å². The van der Waals surface area contributed by atoms with E-state index in [9.17, 15) is 29.6 Å². The number of allylic oxidation sites excluding steroid dienone is 3. The van der Waals surface area contributed by atoms with Gasteiger partial charge in [-0.05, 0) is 66.4 Å². The number of fused-ring (bicyclic) bond motifs is 5. The molecule has 2 aromatic carbocycles. The van der Waals surface area contributed by atoms with Crippen molar-refractivity contribution in [1.82, 2.24) is 0 Å². The average Bonchev–Trinajstić information content (AvgIpc) is 3.75. The molecule has 4 bridgehead atoms. The molecule has 51 heavy (non-hydrogen) atoms. The molecule has 3 heterocycles. The number of carbonyl (C=O) groups is 3. The number of anilines is 2. The molecule has 0 saturated carbocycles. The van der Waals surface area contributed by atoms with Gasteiger partial charge < -0.3 is 29.0 Å². The number of amides is 2. The first-order valence-corrected chi connectivity index (χ1v) is 17.6. The van der Waals surface area contributed by atoms with Gasteiger partial charge in [0, 0.05) is 43.1 Å². The van der Waals surface area contributed by atoms with Crippen molar-refractivity contribution in [1.29, 1.82) is 0 Å². The molecule has 0 spiro atoms. The summed E-state index contributed by atoms with van der Waals surface area (Å²) in [6.45, 7) is 7.31. The number of nitrogens with one attached hydrogen (secondary N) is 1. The molecule has 13 nitrogen and oxygen atoms in total. The van der Waals surface area contributed by atoms with Crippen LogP contribution in [-0.2, 0) is 35.0 Å². The van der Waals surface area contributed by atoms with Crippen molar-refractivity contribution in [3.63, 3.8) is 0 Å². The Balaban J connectivity index is 1.52. The van der Waals surface area contributed by atoms with Crippen molar-refractivity contribution in [2.45, 2.75) is 89.0 Å². The summed E-state index contributed by atoms with van der Waals surface area (Å²) in [6.07, 6.45) is 1.03. The van der Waals surface area contributed by atoms with E-state index in [0.29, 0.717) is 17.1 Å². The number of esters is 1.